The van der Waals surface area contributed by atoms with Gasteiger partial charge in [0.05, 0.1) is 6.33 Å². The lowest BCUT2D eigenvalue weighted by Crippen LogP contribution is -2.12. The molecule has 0 fully saturated rings. The number of anilines is 2. The SMILES string of the molecule is O=C(Nc1ccc(Cn2cnc(C(=O)Nc3cccc(Cl)c3)c2)cc1)c1cccc(F)c1. The topological polar surface area (TPSA) is 76.0 Å². The number of carbonyl (C=O) groups excluding carboxylic acids is 2. The van der Waals surface area contributed by atoms with Crippen LogP contribution in [0.1, 0.15) is 26.4 Å². The molecule has 4 rings (SSSR count). The Morgan fingerprint density at radius 2 is 1.66 bits per heavy atom. The van der Waals surface area contributed by atoms with Crippen molar-refractivity contribution < 1.29 is 14.0 Å². The summed E-state index contributed by atoms with van der Waals surface area (Å²) in [7, 11) is 0. The van der Waals surface area contributed by atoms with E-state index in [2.05, 4.69) is 15.6 Å². The lowest BCUT2D eigenvalue weighted by Gasteiger charge is -2.07. The minimum atomic E-state index is -0.464. The third kappa shape index (κ3) is 5.39. The highest BCUT2D eigenvalue weighted by Crippen LogP contribution is 2.16. The average Bonchev–Trinajstić information content (AvgIpc) is 3.24. The van der Waals surface area contributed by atoms with Crippen LogP contribution in [-0.4, -0.2) is 21.4 Å². The van der Waals surface area contributed by atoms with Crippen LogP contribution >= 0.6 is 11.6 Å². The summed E-state index contributed by atoms with van der Waals surface area (Å²) in [5.41, 5.74) is 2.66. The van der Waals surface area contributed by atoms with Crippen LogP contribution in [0.4, 0.5) is 15.8 Å². The van der Waals surface area contributed by atoms with Crippen LogP contribution in [0, 0.1) is 5.82 Å². The highest BCUT2D eigenvalue weighted by Gasteiger charge is 2.11. The Morgan fingerprint density at radius 1 is 0.906 bits per heavy atom. The van der Waals surface area contributed by atoms with Gasteiger partial charge in [0.2, 0.25) is 0 Å². The Bertz CT molecular complexity index is 1270. The summed E-state index contributed by atoms with van der Waals surface area (Å²) in [6.45, 7) is 0.496. The summed E-state index contributed by atoms with van der Waals surface area (Å²) < 4.78 is 15.1. The molecule has 1 heterocycles. The van der Waals surface area contributed by atoms with Gasteiger partial charge in [0.25, 0.3) is 11.8 Å². The molecule has 0 bridgehead atoms. The number of aromatic nitrogens is 2. The van der Waals surface area contributed by atoms with E-state index in [4.69, 9.17) is 11.6 Å². The highest BCUT2D eigenvalue weighted by molar-refractivity contribution is 6.30. The molecule has 2 amide bonds. The maximum Gasteiger partial charge on any atom is 0.275 e. The van der Waals surface area contributed by atoms with Crippen molar-refractivity contribution in [3.8, 4) is 0 Å². The third-order valence-electron chi connectivity index (χ3n) is 4.61. The third-order valence-corrected chi connectivity index (χ3v) is 4.85. The summed E-state index contributed by atoms with van der Waals surface area (Å²) in [5, 5.41) is 6.02. The first-order valence-electron chi connectivity index (χ1n) is 9.71. The van der Waals surface area contributed by atoms with Crippen molar-refractivity contribution in [2.45, 2.75) is 6.54 Å². The Hall–Kier alpha value is -3.97. The molecule has 1 aromatic heterocycles. The smallest absolute Gasteiger partial charge is 0.275 e. The molecule has 0 aliphatic rings. The Labute approximate surface area is 188 Å². The van der Waals surface area contributed by atoms with E-state index in [0.29, 0.717) is 22.9 Å². The Kier molecular flexibility index (Phi) is 6.28. The number of nitrogens with one attached hydrogen (secondary N) is 2. The van der Waals surface area contributed by atoms with Crippen molar-refractivity contribution in [1.29, 1.82) is 0 Å². The van der Waals surface area contributed by atoms with E-state index in [1.54, 1.807) is 59.6 Å². The fraction of sp³-hybridized carbons (Fsp3) is 0.0417. The maximum absolute atomic E-state index is 13.3. The standard InChI is InChI=1S/C24H18ClFN4O2/c25-18-4-2-6-21(12-18)29-24(32)22-14-30(15-27-22)13-16-7-9-20(10-8-16)28-23(31)17-3-1-5-19(26)11-17/h1-12,14-15H,13H2,(H,28,31)(H,29,32). The molecule has 8 heteroatoms. The van der Waals surface area contributed by atoms with E-state index >= 15 is 0 Å². The number of nitrogens with zero attached hydrogens (tertiary/aromatic N) is 2. The molecule has 2 N–H and O–H groups in total. The lowest BCUT2D eigenvalue weighted by molar-refractivity contribution is 0.101. The van der Waals surface area contributed by atoms with E-state index in [1.807, 2.05) is 12.1 Å². The summed E-state index contributed by atoms with van der Waals surface area (Å²) in [4.78, 5) is 28.8. The molecule has 160 valence electrons. The van der Waals surface area contributed by atoms with E-state index < -0.39 is 5.82 Å². The van der Waals surface area contributed by atoms with Gasteiger partial charge in [-0.25, -0.2) is 9.37 Å². The van der Waals surface area contributed by atoms with Gasteiger partial charge in [-0.05, 0) is 54.1 Å². The van der Waals surface area contributed by atoms with Crippen molar-refractivity contribution in [3.05, 3.63) is 113 Å². The summed E-state index contributed by atoms with van der Waals surface area (Å²) in [6.07, 6.45) is 3.23. The second-order valence-electron chi connectivity index (χ2n) is 7.06. The number of hydrogen-bond acceptors (Lipinski definition) is 3. The zero-order valence-corrected chi connectivity index (χ0v) is 17.5. The van der Waals surface area contributed by atoms with Gasteiger partial charge < -0.3 is 15.2 Å². The fourth-order valence-corrected chi connectivity index (χ4v) is 3.25. The zero-order chi connectivity index (χ0) is 22.5. The number of rotatable bonds is 6. The van der Waals surface area contributed by atoms with E-state index in [9.17, 15) is 14.0 Å². The molecule has 32 heavy (non-hydrogen) atoms. The predicted molar refractivity (Wildman–Crippen MR) is 122 cm³/mol. The van der Waals surface area contributed by atoms with E-state index in [-0.39, 0.29) is 23.1 Å². The number of hydrogen-bond donors (Lipinski definition) is 2. The number of benzene rings is 3. The number of imidazole rings is 1. The quantitative estimate of drug-likeness (QED) is 0.424. The normalized spacial score (nSPS) is 10.6. The van der Waals surface area contributed by atoms with Crippen LogP contribution in [0.15, 0.2) is 85.3 Å². The van der Waals surface area contributed by atoms with Crippen LogP contribution in [0.3, 0.4) is 0 Å². The molecule has 6 nitrogen and oxygen atoms in total. The van der Waals surface area contributed by atoms with Gasteiger partial charge in [-0.1, -0.05) is 35.9 Å². The molecule has 4 aromatic rings. The van der Waals surface area contributed by atoms with Gasteiger partial charge in [0.15, 0.2) is 0 Å². The van der Waals surface area contributed by atoms with Crippen LogP contribution in [-0.2, 0) is 6.54 Å². The molecule has 0 atom stereocenters. The molecular formula is C24H18ClFN4O2. The molecule has 0 spiro atoms. The minimum absolute atomic E-state index is 0.246. The first-order chi connectivity index (χ1) is 15.5. The van der Waals surface area contributed by atoms with Gasteiger partial charge in [0.1, 0.15) is 11.5 Å². The fourth-order valence-electron chi connectivity index (χ4n) is 3.06. The number of carbonyl (C=O) groups is 2. The first kappa shape index (κ1) is 21.3. The summed E-state index contributed by atoms with van der Waals surface area (Å²) in [5.74, 6) is -1.18. The van der Waals surface area contributed by atoms with Crippen molar-refractivity contribution in [2.75, 3.05) is 10.6 Å². The molecule has 0 saturated heterocycles. The Balaban J connectivity index is 1.36. The zero-order valence-electron chi connectivity index (χ0n) is 16.8. The van der Waals surface area contributed by atoms with Crippen molar-refractivity contribution >= 4 is 34.8 Å². The second kappa shape index (κ2) is 9.45. The molecular weight excluding hydrogens is 431 g/mol. The van der Waals surface area contributed by atoms with Gasteiger partial charge in [-0.2, -0.15) is 0 Å². The van der Waals surface area contributed by atoms with Gasteiger partial charge in [0, 0.05) is 34.7 Å². The predicted octanol–water partition coefficient (Wildman–Crippen LogP) is 5.23. The number of halogens is 2. The van der Waals surface area contributed by atoms with E-state index in [1.165, 1.54) is 18.2 Å². The van der Waals surface area contributed by atoms with Crippen LogP contribution in [0.25, 0.3) is 0 Å². The van der Waals surface area contributed by atoms with E-state index in [0.717, 1.165) is 5.56 Å². The van der Waals surface area contributed by atoms with Gasteiger partial charge >= 0.3 is 0 Å². The molecule has 0 unspecified atom stereocenters. The monoisotopic (exact) mass is 448 g/mol. The first-order valence-corrected chi connectivity index (χ1v) is 10.1. The average molecular weight is 449 g/mol. The highest BCUT2D eigenvalue weighted by atomic mass is 35.5. The summed E-state index contributed by atoms with van der Waals surface area (Å²) >= 11 is 5.94. The largest absolute Gasteiger partial charge is 0.332 e. The van der Waals surface area contributed by atoms with Crippen molar-refractivity contribution in [2.24, 2.45) is 0 Å². The van der Waals surface area contributed by atoms with Crippen molar-refractivity contribution in [1.82, 2.24) is 9.55 Å². The maximum atomic E-state index is 13.3. The minimum Gasteiger partial charge on any atom is -0.332 e. The molecule has 0 aliphatic heterocycles. The Morgan fingerprint density at radius 3 is 2.41 bits per heavy atom. The van der Waals surface area contributed by atoms with Crippen LogP contribution in [0.2, 0.25) is 5.02 Å². The van der Waals surface area contributed by atoms with Crippen molar-refractivity contribution in [3.63, 3.8) is 0 Å². The van der Waals surface area contributed by atoms with Gasteiger partial charge in [-0.3, -0.25) is 9.59 Å². The lowest BCUT2D eigenvalue weighted by atomic mass is 10.1. The molecule has 0 radical (unpaired) electrons. The second-order valence-corrected chi connectivity index (χ2v) is 7.49. The van der Waals surface area contributed by atoms with Crippen LogP contribution in [0.5, 0.6) is 0 Å². The molecule has 3 aromatic carbocycles. The number of amides is 2. The van der Waals surface area contributed by atoms with Crippen LogP contribution < -0.4 is 10.6 Å². The molecule has 0 saturated carbocycles. The summed E-state index contributed by atoms with van der Waals surface area (Å²) in [6, 6.07) is 19.6. The molecule has 0 aliphatic carbocycles. The van der Waals surface area contributed by atoms with Gasteiger partial charge in [-0.15, -0.1) is 0 Å².